The molecule has 0 bridgehead atoms. The van der Waals surface area contributed by atoms with Gasteiger partial charge in [0.05, 0.1) is 0 Å². The van der Waals surface area contributed by atoms with Crippen molar-refractivity contribution in [2.45, 2.75) is 52.0 Å². The van der Waals surface area contributed by atoms with Crippen LogP contribution in [0.15, 0.2) is 18.2 Å². The van der Waals surface area contributed by atoms with Crippen molar-refractivity contribution in [3.8, 4) is 0 Å². The topological polar surface area (TPSA) is 12.0 Å². The summed E-state index contributed by atoms with van der Waals surface area (Å²) < 4.78 is 0. The molecule has 0 saturated heterocycles. The normalized spacial score (nSPS) is 16.8. The maximum Gasteiger partial charge on any atom is 0.0438 e. The van der Waals surface area contributed by atoms with Gasteiger partial charge in [-0.2, -0.15) is 0 Å². The molecule has 1 unspecified atom stereocenters. The number of rotatable bonds is 7. The van der Waals surface area contributed by atoms with Crippen LogP contribution in [0, 0.1) is 12.8 Å². The Labute approximate surface area is 116 Å². The van der Waals surface area contributed by atoms with Crippen molar-refractivity contribution >= 4 is 11.6 Å². The molecule has 1 N–H and O–H groups in total. The highest BCUT2D eigenvalue weighted by atomic mass is 35.5. The summed E-state index contributed by atoms with van der Waals surface area (Å²) >= 11 is 6.24. The molecule has 1 aromatic carbocycles. The van der Waals surface area contributed by atoms with Crippen molar-refractivity contribution < 1.29 is 0 Å². The highest BCUT2D eigenvalue weighted by molar-refractivity contribution is 6.31. The molecule has 1 saturated carbocycles. The van der Waals surface area contributed by atoms with Gasteiger partial charge < -0.3 is 5.32 Å². The molecule has 0 amide bonds. The number of benzene rings is 1. The predicted molar refractivity (Wildman–Crippen MR) is 79.2 cm³/mol. The minimum atomic E-state index is 0.476. The third-order valence-electron chi connectivity index (χ3n) is 3.89. The average molecular weight is 266 g/mol. The van der Waals surface area contributed by atoms with Gasteiger partial charge in [0.25, 0.3) is 0 Å². The van der Waals surface area contributed by atoms with Gasteiger partial charge in [0, 0.05) is 11.1 Å². The van der Waals surface area contributed by atoms with E-state index in [0.717, 1.165) is 17.5 Å². The van der Waals surface area contributed by atoms with Crippen LogP contribution in [-0.2, 0) is 0 Å². The molecule has 0 spiro atoms. The van der Waals surface area contributed by atoms with Crippen LogP contribution in [0.4, 0.5) is 0 Å². The first-order chi connectivity index (χ1) is 8.72. The summed E-state index contributed by atoms with van der Waals surface area (Å²) in [6.45, 7) is 5.44. The van der Waals surface area contributed by atoms with E-state index in [2.05, 4.69) is 31.3 Å². The van der Waals surface area contributed by atoms with Gasteiger partial charge in [-0.25, -0.2) is 0 Å². The number of nitrogens with one attached hydrogen (secondary N) is 1. The van der Waals surface area contributed by atoms with Crippen LogP contribution in [0.1, 0.15) is 56.2 Å². The third kappa shape index (κ3) is 3.73. The fourth-order valence-corrected chi connectivity index (χ4v) is 2.68. The monoisotopic (exact) mass is 265 g/mol. The Kier molecular flexibility index (Phi) is 5.08. The van der Waals surface area contributed by atoms with Crippen molar-refractivity contribution in [3.05, 3.63) is 34.3 Å². The largest absolute Gasteiger partial charge is 0.310 e. The van der Waals surface area contributed by atoms with E-state index in [0.29, 0.717) is 6.04 Å². The standard InChI is InChI=1S/C16H24ClN/c1-3-11-18-16(10-9-13-7-8-13)14-5-4-6-15(17)12(14)2/h4-6,13,16,18H,3,7-11H2,1-2H3. The Hall–Kier alpha value is -0.530. The molecule has 1 atom stereocenters. The van der Waals surface area contributed by atoms with Gasteiger partial charge in [0.2, 0.25) is 0 Å². The Morgan fingerprint density at radius 2 is 2.17 bits per heavy atom. The molecular formula is C16H24ClN. The van der Waals surface area contributed by atoms with Crippen LogP contribution >= 0.6 is 11.6 Å². The lowest BCUT2D eigenvalue weighted by atomic mass is 9.96. The third-order valence-corrected chi connectivity index (χ3v) is 4.30. The van der Waals surface area contributed by atoms with Gasteiger partial charge in [-0.1, -0.05) is 43.5 Å². The van der Waals surface area contributed by atoms with Crippen LogP contribution in [0.2, 0.25) is 5.02 Å². The second-order valence-corrected chi connectivity index (χ2v) is 5.89. The minimum Gasteiger partial charge on any atom is -0.310 e. The van der Waals surface area contributed by atoms with Crippen molar-refractivity contribution in [2.75, 3.05) is 6.54 Å². The smallest absolute Gasteiger partial charge is 0.0438 e. The van der Waals surface area contributed by atoms with Crippen LogP contribution < -0.4 is 5.32 Å². The summed E-state index contributed by atoms with van der Waals surface area (Å²) in [4.78, 5) is 0. The molecule has 0 radical (unpaired) electrons. The first kappa shape index (κ1) is 13.9. The van der Waals surface area contributed by atoms with E-state index in [-0.39, 0.29) is 0 Å². The second-order valence-electron chi connectivity index (χ2n) is 5.48. The average Bonchev–Trinajstić information content (AvgIpc) is 3.18. The van der Waals surface area contributed by atoms with Gasteiger partial charge in [-0.05, 0) is 55.8 Å². The van der Waals surface area contributed by atoms with Crippen LogP contribution in [0.3, 0.4) is 0 Å². The van der Waals surface area contributed by atoms with Gasteiger partial charge in [-0.3, -0.25) is 0 Å². The molecular weight excluding hydrogens is 242 g/mol. The van der Waals surface area contributed by atoms with E-state index in [1.165, 1.54) is 43.2 Å². The van der Waals surface area contributed by atoms with Gasteiger partial charge in [-0.15, -0.1) is 0 Å². The van der Waals surface area contributed by atoms with Gasteiger partial charge in [0.1, 0.15) is 0 Å². The Bertz CT molecular complexity index is 385. The molecule has 1 nitrogen and oxygen atoms in total. The zero-order valence-corrected chi connectivity index (χ0v) is 12.3. The zero-order chi connectivity index (χ0) is 13.0. The SMILES string of the molecule is CCCNC(CCC1CC1)c1cccc(Cl)c1C. The van der Waals surface area contributed by atoms with Crippen LogP contribution in [-0.4, -0.2) is 6.54 Å². The van der Waals surface area contributed by atoms with Crippen molar-refractivity contribution in [1.29, 1.82) is 0 Å². The molecule has 0 aliphatic heterocycles. The fraction of sp³-hybridized carbons (Fsp3) is 0.625. The number of hydrogen-bond acceptors (Lipinski definition) is 1. The molecule has 1 aliphatic rings. The molecule has 0 aromatic heterocycles. The highest BCUT2D eigenvalue weighted by Crippen LogP contribution is 2.36. The van der Waals surface area contributed by atoms with E-state index < -0.39 is 0 Å². The van der Waals surface area contributed by atoms with E-state index in [1.807, 2.05) is 6.07 Å². The lowest BCUT2D eigenvalue weighted by Crippen LogP contribution is -2.23. The van der Waals surface area contributed by atoms with E-state index in [1.54, 1.807) is 0 Å². The van der Waals surface area contributed by atoms with Crippen LogP contribution in [0.25, 0.3) is 0 Å². The summed E-state index contributed by atoms with van der Waals surface area (Å²) in [5.74, 6) is 0.996. The van der Waals surface area contributed by atoms with E-state index >= 15 is 0 Å². The highest BCUT2D eigenvalue weighted by Gasteiger charge is 2.23. The maximum atomic E-state index is 6.24. The molecule has 1 fully saturated rings. The summed E-state index contributed by atoms with van der Waals surface area (Å²) in [6.07, 6.45) is 6.66. The summed E-state index contributed by atoms with van der Waals surface area (Å²) in [5, 5.41) is 4.57. The molecule has 1 aromatic rings. The van der Waals surface area contributed by atoms with E-state index in [9.17, 15) is 0 Å². The van der Waals surface area contributed by atoms with E-state index in [4.69, 9.17) is 11.6 Å². The molecule has 1 aliphatic carbocycles. The molecule has 0 heterocycles. The first-order valence-corrected chi connectivity index (χ1v) is 7.58. The number of halogens is 1. The molecule has 2 heteroatoms. The molecule has 18 heavy (non-hydrogen) atoms. The molecule has 100 valence electrons. The summed E-state index contributed by atoms with van der Waals surface area (Å²) in [6, 6.07) is 6.76. The maximum absolute atomic E-state index is 6.24. The summed E-state index contributed by atoms with van der Waals surface area (Å²) in [7, 11) is 0. The number of hydrogen-bond donors (Lipinski definition) is 1. The Balaban J connectivity index is 2.06. The second kappa shape index (κ2) is 6.58. The van der Waals surface area contributed by atoms with Gasteiger partial charge in [0.15, 0.2) is 0 Å². The summed E-state index contributed by atoms with van der Waals surface area (Å²) in [5.41, 5.74) is 2.63. The Morgan fingerprint density at radius 3 is 2.83 bits per heavy atom. The van der Waals surface area contributed by atoms with Crippen molar-refractivity contribution in [3.63, 3.8) is 0 Å². The molecule has 2 rings (SSSR count). The quantitative estimate of drug-likeness (QED) is 0.741. The lowest BCUT2D eigenvalue weighted by Gasteiger charge is -2.21. The van der Waals surface area contributed by atoms with Crippen molar-refractivity contribution in [2.24, 2.45) is 5.92 Å². The van der Waals surface area contributed by atoms with Gasteiger partial charge >= 0.3 is 0 Å². The first-order valence-electron chi connectivity index (χ1n) is 7.20. The Morgan fingerprint density at radius 1 is 1.39 bits per heavy atom. The fourth-order valence-electron chi connectivity index (χ4n) is 2.50. The van der Waals surface area contributed by atoms with Crippen LogP contribution in [0.5, 0.6) is 0 Å². The lowest BCUT2D eigenvalue weighted by molar-refractivity contribution is 0.468. The zero-order valence-electron chi connectivity index (χ0n) is 11.5. The minimum absolute atomic E-state index is 0.476. The predicted octanol–water partition coefficient (Wildman–Crippen LogP) is 4.88. The van der Waals surface area contributed by atoms with Crippen molar-refractivity contribution in [1.82, 2.24) is 5.32 Å².